The molecule has 0 aliphatic carbocycles. The van der Waals surface area contributed by atoms with Gasteiger partial charge in [0.15, 0.2) is 11.3 Å². The van der Waals surface area contributed by atoms with Crippen LogP contribution in [-0.2, 0) is 6.18 Å². The Hall–Kier alpha value is -2.39. The highest BCUT2D eigenvalue weighted by molar-refractivity contribution is 7.10. The Morgan fingerprint density at radius 3 is 2.81 bits per heavy atom. The molecule has 0 spiro atoms. The van der Waals surface area contributed by atoms with Gasteiger partial charge >= 0.3 is 6.18 Å². The predicted octanol–water partition coefficient (Wildman–Crippen LogP) is 4.31. The zero-order valence-electron chi connectivity index (χ0n) is 13.9. The molecule has 27 heavy (non-hydrogen) atoms. The maximum absolute atomic E-state index is 13.3. The fourth-order valence-corrected chi connectivity index (χ4v) is 3.92. The standard InChI is InChI=1S/C17H12ClF3N4OS/c1-9-6-11(17(19,20)21)14-23-12(13(18)25(14)7-9)16(26)24-4-2-10(8-24)15-22-3-5-27-15/h2-3,5-7H,4,8H2,1H3. The van der Waals surface area contributed by atoms with Crippen LogP contribution in [0, 0.1) is 6.92 Å². The summed E-state index contributed by atoms with van der Waals surface area (Å²) in [6, 6.07) is 0.991. The van der Waals surface area contributed by atoms with E-state index in [1.54, 1.807) is 6.20 Å². The summed E-state index contributed by atoms with van der Waals surface area (Å²) in [6.07, 6.45) is 0.367. The van der Waals surface area contributed by atoms with E-state index in [0.29, 0.717) is 18.7 Å². The molecule has 0 aromatic carbocycles. The normalized spacial score (nSPS) is 14.9. The van der Waals surface area contributed by atoms with Crippen LogP contribution in [0.4, 0.5) is 13.2 Å². The van der Waals surface area contributed by atoms with Gasteiger partial charge in [-0.3, -0.25) is 9.20 Å². The lowest BCUT2D eigenvalue weighted by Crippen LogP contribution is -2.29. The van der Waals surface area contributed by atoms with Crippen LogP contribution in [-0.4, -0.2) is 38.3 Å². The van der Waals surface area contributed by atoms with Crippen molar-refractivity contribution in [2.45, 2.75) is 13.1 Å². The lowest BCUT2D eigenvalue weighted by atomic mass is 10.2. The molecule has 0 atom stereocenters. The number of carbonyl (C=O) groups excluding carboxylic acids is 1. The molecule has 1 aliphatic heterocycles. The van der Waals surface area contributed by atoms with Crippen molar-refractivity contribution in [2.24, 2.45) is 0 Å². The molecule has 0 N–H and O–H groups in total. The lowest BCUT2D eigenvalue weighted by Gasteiger charge is -2.14. The van der Waals surface area contributed by atoms with E-state index in [4.69, 9.17) is 11.6 Å². The van der Waals surface area contributed by atoms with Gasteiger partial charge in [0, 0.05) is 36.4 Å². The number of nitrogens with zero attached hydrogens (tertiary/aromatic N) is 4. The number of aryl methyl sites for hydroxylation is 1. The van der Waals surface area contributed by atoms with E-state index >= 15 is 0 Å². The summed E-state index contributed by atoms with van der Waals surface area (Å²) in [7, 11) is 0. The summed E-state index contributed by atoms with van der Waals surface area (Å²) in [5, 5.41) is 2.51. The summed E-state index contributed by atoms with van der Waals surface area (Å²) >= 11 is 7.67. The molecule has 4 rings (SSSR count). The number of hydrogen-bond acceptors (Lipinski definition) is 4. The summed E-state index contributed by atoms with van der Waals surface area (Å²) in [5.74, 6) is -0.516. The van der Waals surface area contributed by atoms with Crippen molar-refractivity contribution < 1.29 is 18.0 Å². The Balaban J connectivity index is 1.70. The topological polar surface area (TPSA) is 50.5 Å². The highest BCUT2D eigenvalue weighted by atomic mass is 35.5. The Kier molecular flexibility index (Phi) is 4.23. The second-order valence-corrected chi connectivity index (χ2v) is 7.38. The van der Waals surface area contributed by atoms with Gasteiger partial charge in [-0.25, -0.2) is 9.97 Å². The average molecular weight is 413 g/mol. The van der Waals surface area contributed by atoms with Crippen LogP contribution in [0.25, 0.3) is 11.2 Å². The van der Waals surface area contributed by atoms with E-state index in [1.165, 1.54) is 29.4 Å². The van der Waals surface area contributed by atoms with Crippen molar-refractivity contribution in [1.29, 1.82) is 0 Å². The van der Waals surface area contributed by atoms with Crippen LogP contribution >= 0.6 is 22.9 Å². The number of thiazole rings is 1. The molecule has 0 bridgehead atoms. The molecule has 0 fully saturated rings. The number of imidazole rings is 1. The molecule has 4 heterocycles. The molecule has 5 nitrogen and oxygen atoms in total. The van der Waals surface area contributed by atoms with Gasteiger partial charge in [0.2, 0.25) is 0 Å². The van der Waals surface area contributed by atoms with Crippen LogP contribution in [0.5, 0.6) is 0 Å². The Morgan fingerprint density at radius 2 is 2.15 bits per heavy atom. The quantitative estimate of drug-likeness (QED) is 0.630. The number of pyridine rings is 1. The number of halogens is 4. The number of rotatable bonds is 2. The van der Waals surface area contributed by atoms with Gasteiger partial charge in [-0.1, -0.05) is 17.7 Å². The van der Waals surface area contributed by atoms with E-state index in [9.17, 15) is 18.0 Å². The molecule has 0 saturated heterocycles. The van der Waals surface area contributed by atoms with Crippen LogP contribution in [0.2, 0.25) is 5.15 Å². The SMILES string of the molecule is Cc1cc(C(F)(F)F)c2nc(C(=O)N3CC=C(c4nccs4)C3)c(Cl)n2c1. The first-order chi connectivity index (χ1) is 12.8. The van der Waals surface area contributed by atoms with Crippen molar-refractivity contribution in [3.8, 4) is 0 Å². The third-order valence-corrected chi connectivity index (χ3v) is 5.43. The van der Waals surface area contributed by atoms with Crippen LogP contribution in [0.15, 0.2) is 29.9 Å². The molecule has 0 radical (unpaired) electrons. The van der Waals surface area contributed by atoms with E-state index in [-0.39, 0.29) is 16.5 Å². The summed E-state index contributed by atoms with van der Waals surface area (Å²) < 4.78 is 41.1. The van der Waals surface area contributed by atoms with E-state index in [0.717, 1.165) is 21.0 Å². The Morgan fingerprint density at radius 1 is 1.37 bits per heavy atom. The third-order valence-electron chi connectivity index (χ3n) is 4.22. The molecule has 3 aromatic rings. The second-order valence-electron chi connectivity index (χ2n) is 6.13. The number of alkyl halides is 3. The van der Waals surface area contributed by atoms with Gasteiger partial charge in [0.05, 0.1) is 5.56 Å². The molecule has 0 saturated carbocycles. The van der Waals surface area contributed by atoms with Gasteiger partial charge in [-0.15, -0.1) is 11.3 Å². The van der Waals surface area contributed by atoms with Crippen LogP contribution in [0.1, 0.15) is 26.6 Å². The fourth-order valence-electron chi connectivity index (χ4n) is 3.00. The predicted molar refractivity (Wildman–Crippen MR) is 95.9 cm³/mol. The lowest BCUT2D eigenvalue weighted by molar-refractivity contribution is -0.136. The van der Waals surface area contributed by atoms with E-state index in [1.807, 2.05) is 11.5 Å². The smallest absolute Gasteiger partial charge is 0.329 e. The molecular formula is C17H12ClF3N4OS. The van der Waals surface area contributed by atoms with Gasteiger partial charge < -0.3 is 4.90 Å². The molecule has 1 aliphatic rings. The molecule has 3 aromatic heterocycles. The average Bonchev–Trinajstić information content (AvgIpc) is 3.32. The third kappa shape index (κ3) is 3.10. The first-order valence-corrected chi connectivity index (χ1v) is 9.15. The zero-order valence-corrected chi connectivity index (χ0v) is 15.5. The minimum atomic E-state index is -4.60. The van der Waals surface area contributed by atoms with Gasteiger partial charge in [-0.2, -0.15) is 13.2 Å². The number of aromatic nitrogens is 3. The Labute approximate surface area is 160 Å². The molecule has 140 valence electrons. The van der Waals surface area contributed by atoms with Crippen LogP contribution in [0.3, 0.4) is 0 Å². The number of hydrogen-bond donors (Lipinski definition) is 0. The zero-order chi connectivity index (χ0) is 19.3. The van der Waals surface area contributed by atoms with Crippen molar-refractivity contribution in [2.75, 3.05) is 13.1 Å². The van der Waals surface area contributed by atoms with Crippen molar-refractivity contribution in [3.05, 3.63) is 56.9 Å². The van der Waals surface area contributed by atoms with Crippen molar-refractivity contribution >= 4 is 40.1 Å². The largest absolute Gasteiger partial charge is 0.419 e. The summed E-state index contributed by atoms with van der Waals surface area (Å²) in [4.78, 5) is 22.5. The summed E-state index contributed by atoms with van der Waals surface area (Å²) in [5.41, 5.74) is -0.242. The van der Waals surface area contributed by atoms with E-state index < -0.39 is 17.6 Å². The highest BCUT2D eigenvalue weighted by Gasteiger charge is 2.36. The van der Waals surface area contributed by atoms with Gasteiger partial charge in [-0.05, 0) is 18.6 Å². The minimum Gasteiger partial charge on any atom is -0.329 e. The van der Waals surface area contributed by atoms with Gasteiger partial charge in [0.25, 0.3) is 5.91 Å². The fraction of sp³-hybridized carbons (Fsp3) is 0.235. The minimum absolute atomic E-state index is 0.133. The van der Waals surface area contributed by atoms with Crippen LogP contribution < -0.4 is 0 Å². The van der Waals surface area contributed by atoms with Crippen molar-refractivity contribution in [3.63, 3.8) is 0 Å². The first-order valence-electron chi connectivity index (χ1n) is 7.89. The number of fused-ring (bicyclic) bond motifs is 1. The molecule has 1 amide bonds. The summed E-state index contributed by atoms with van der Waals surface area (Å²) in [6.45, 7) is 2.15. The molecular weight excluding hydrogens is 401 g/mol. The number of amides is 1. The maximum atomic E-state index is 13.3. The van der Waals surface area contributed by atoms with Crippen molar-refractivity contribution in [1.82, 2.24) is 19.3 Å². The first kappa shape index (κ1) is 18.0. The number of carbonyl (C=O) groups is 1. The van der Waals surface area contributed by atoms with E-state index in [2.05, 4.69) is 9.97 Å². The molecule has 10 heteroatoms. The highest BCUT2D eigenvalue weighted by Crippen LogP contribution is 2.35. The molecule has 0 unspecified atom stereocenters. The monoisotopic (exact) mass is 412 g/mol. The maximum Gasteiger partial charge on any atom is 0.419 e. The van der Waals surface area contributed by atoms with Gasteiger partial charge in [0.1, 0.15) is 10.2 Å². The Bertz CT molecular complexity index is 1070. The second kappa shape index (κ2) is 6.35.